The maximum absolute atomic E-state index is 11.4. The first kappa shape index (κ1) is 16.3. The van der Waals surface area contributed by atoms with Crippen molar-refractivity contribution >= 4 is 17.1 Å². The molecule has 5 nitrogen and oxygen atoms in total. The van der Waals surface area contributed by atoms with Crippen molar-refractivity contribution in [2.75, 3.05) is 30.4 Å². The Morgan fingerprint density at radius 3 is 2.25 bits per heavy atom. The molecule has 0 aliphatic carbocycles. The molecule has 0 saturated heterocycles. The highest BCUT2D eigenvalue weighted by atomic mass is 16.6. The van der Waals surface area contributed by atoms with E-state index in [1.165, 1.54) is 0 Å². The highest BCUT2D eigenvalue weighted by Gasteiger charge is 2.22. The van der Waals surface area contributed by atoms with E-state index in [9.17, 15) is 10.1 Å². The summed E-state index contributed by atoms with van der Waals surface area (Å²) in [5, 5.41) is 14.3. The van der Waals surface area contributed by atoms with Crippen LogP contribution in [0.3, 0.4) is 0 Å². The maximum Gasteiger partial charge on any atom is 0.315 e. The Balaban J connectivity index is 3.13. The molecule has 20 heavy (non-hydrogen) atoms. The molecule has 0 aliphatic heterocycles. The van der Waals surface area contributed by atoms with Crippen LogP contribution in [0.2, 0.25) is 0 Å². The van der Waals surface area contributed by atoms with E-state index >= 15 is 0 Å². The summed E-state index contributed by atoms with van der Waals surface area (Å²) in [6.07, 6.45) is 4.26. The average Bonchev–Trinajstić information content (AvgIpc) is 2.46. The van der Waals surface area contributed by atoms with Gasteiger partial charge in [0.25, 0.3) is 0 Å². The van der Waals surface area contributed by atoms with Crippen LogP contribution >= 0.6 is 0 Å². The van der Waals surface area contributed by atoms with Gasteiger partial charge in [0.1, 0.15) is 11.4 Å². The van der Waals surface area contributed by atoms with E-state index in [1.807, 2.05) is 12.1 Å². The standard InChI is InChI=1S/C15H25N3O2/c1-4-6-11-17(12-7-5-2)14-10-8-9-13(16-3)15(14)18(19)20/h8-10,16H,4-7,11-12H2,1-3H3. The summed E-state index contributed by atoms with van der Waals surface area (Å²) < 4.78 is 0. The van der Waals surface area contributed by atoms with Gasteiger partial charge < -0.3 is 10.2 Å². The number of nitro benzene ring substituents is 1. The molecule has 1 N–H and O–H groups in total. The van der Waals surface area contributed by atoms with Crippen LogP contribution in [0.5, 0.6) is 0 Å². The summed E-state index contributed by atoms with van der Waals surface area (Å²) in [6, 6.07) is 5.48. The predicted molar refractivity (Wildman–Crippen MR) is 84.7 cm³/mol. The molecule has 0 amide bonds. The van der Waals surface area contributed by atoms with E-state index in [0.29, 0.717) is 5.69 Å². The van der Waals surface area contributed by atoms with Gasteiger partial charge in [0.2, 0.25) is 0 Å². The van der Waals surface area contributed by atoms with Crippen molar-refractivity contribution in [2.45, 2.75) is 39.5 Å². The van der Waals surface area contributed by atoms with Crippen LogP contribution in [0.15, 0.2) is 18.2 Å². The van der Waals surface area contributed by atoms with Crippen molar-refractivity contribution in [3.8, 4) is 0 Å². The lowest BCUT2D eigenvalue weighted by Gasteiger charge is -2.25. The highest BCUT2D eigenvalue weighted by molar-refractivity contribution is 5.76. The van der Waals surface area contributed by atoms with E-state index in [2.05, 4.69) is 24.1 Å². The van der Waals surface area contributed by atoms with Crippen LogP contribution in [0.4, 0.5) is 17.1 Å². The Labute approximate surface area is 121 Å². The lowest BCUT2D eigenvalue weighted by molar-refractivity contribution is -0.383. The van der Waals surface area contributed by atoms with Crippen molar-refractivity contribution in [2.24, 2.45) is 0 Å². The minimum atomic E-state index is -0.286. The van der Waals surface area contributed by atoms with Crippen molar-refractivity contribution in [1.29, 1.82) is 0 Å². The normalized spacial score (nSPS) is 10.3. The number of benzene rings is 1. The summed E-state index contributed by atoms with van der Waals surface area (Å²) in [4.78, 5) is 13.3. The van der Waals surface area contributed by atoms with Crippen molar-refractivity contribution in [1.82, 2.24) is 0 Å². The fourth-order valence-corrected chi connectivity index (χ4v) is 2.23. The Morgan fingerprint density at radius 2 is 1.80 bits per heavy atom. The Bertz CT molecular complexity index is 427. The van der Waals surface area contributed by atoms with E-state index < -0.39 is 0 Å². The monoisotopic (exact) mass is 279 g/mol. The number of hydrogen-bond donors (Lipinski definition) is 1. The lowest BCUT2D eigenvalue weighted by Crippen LogP contribution is -2.26. The molecule has 0 radical (unpaired) electrons. The van der Waals surface area contributed by atoms with Crippen molar-refractivity contribution in [3.63, 3.8) is 0 Å². The van der Waals surface area contributed by atoms with Gasteiger partial charge in [0.05, 0.1) is 4.92 Å². The van der Waals surface area contributed by atoms with Crippen molar-refractivity contribution < 1.29 is 4.92 Å². The zero-order valence-electron chi connectivity index (χ0n) is 12.7. The van der Waals surface area contributed by atoms with Crippen LogP contribution in [0, 0.1) is 10.1 Å². The Kier molecular flexibility index (Phi) is 6.84. The van der Waals surface area contributed by atoms with Gasteiger partial charge in [-0.25, -0.2) is 0 Å². The highest BCUT2D eigenvalue weighted by Crippen LogP contribution is 2.35. The summed E-state index contributed by atoms with van der Waals surface area (Å²) in [7, 11) is 1.72. The Hall–Kier alpha value is -1.78. The van der Waals surface area contributed by atoms with Gasteiger partial charge in [0.15, 0.2) is 0 Å². The SMILES string of the molecule is CCCCN(CCCC)c1cccc(NC)c1[N+](=O)[O-]. The molecule has 0 aliphatic rings. The number of nitrogens with one attached hydrogen (secondary N) is 1. The molecule has 0 aromatic heterocycles. The molecule has 5 heteroatoms. The van der Waals surface area contributed by atoms with Gasteiger partial charge in [0, 0.05) is 20.1 Å². The molecule has 0 fully saturated rings. The number of nitrogens with zero attached hydrogens (tertiary/aromatic N) is 2. The third-order valence-electron chi connectivity index (χ3n) is 3.37. The molecule has 112 valence electrons. The molecular weight excluding hydrogens is 254 g/mol. The van der Waals surface area contributed by atoms with Crippen LogP contribution in [0.25, 0.3) is 0 Å². The molecule has 1 rings (SSSR count). The predicted octanol–water partition coefficient (Wildman–Crippen LogP) is 4.04. The van der Waals surface area contributed by atoms with Crippen molar-refractivity contribution in [3.05, 3.63) is 28.3 Å². The molecule has 0 heterocycles. The molecule has 1 aromatic carbocycles. The maximum atomic E-state index is 11.4. The number of anilines is 2. The molecule has 0 bridgehead atoms. The lowest BCUT2D eigenvalue weighted by atomic mass is 10.1. The van der Waals surface area contributed by atoms with Gasteiger partial charge in [-0.15, -0.1) is 0 Å². The van der Waals surface area contributed by atoms with E-state index in [-0.39, 0.29) is 10.6 Å². The zero-order valence-corrected chi connectivity index (χ0v) is 12.7. The van der Waals surface area contributed by atoms with Crippen LogP contribution in [-0.4, -0.2) is 25.1 Å². The summed E-state index contributed by atoms with van der Waals surface area (Å²) in [5.74, 6) is 0. The van der Waals surface area contributed by atoms with Crippen LogP contribution < -0.4 is 10.2 Å². The minimum absolute atomic E-state index is 0.183. The van der Waals surface area contributed by atoms with E-state index in [4.69, 9.17) is 0 Å². The fraction of sp³-hybridized carbons (Fsp3) is 0.600. The topological polar surface area (TPSA) is 58.4 Å². The van der Waals surface area contributed by atoms with Crippen LogP contribution in [-0.2, 0) is 0 Å². The second kappa shape index (κ2) is 8.40. The Morgan fingerprint density at radius 1 is 1.20 bits per heavy atom. The smallest absolute Gasteiger partial charge is 0.315 e. The zero-order chi connectivity index (χ0) is 15.0. The van der Waals surface area contributed by atoms with Gasteiger partial charge in [-0.2, -0.15) is 0 Å². The molecule has 0 atom stereocenters. The minimum Gasteiger partial charge on any atom is -0.382 e. The largest absolute Gasteiger partial charge is 0.382 e. The van der Waals surface area contributed by atoms with Gasteiger partial charge in [-0.3, -0.25) is 10.1 Å². The molecule has 0 unspecified atom stereocenters. The number of rotatable bonds is 9. The molecule has 0 saturated carbocycles. The van der Waals surface area contributed by atoms with E-state index in [0.717, 1.165) is 44.5 Å². The first-order valence-corrected chi connectivity index (χ1v) is 7.35. The summed E-state index contributed by atoms with van der Waals surface area (Å²) >= 11 is 0. The van der Waals surface area contributed by atoms with Gasteiger partial charge >= 0.3 is 5.69 Å². The first-order chi connectivity index (χ1) is 9.65. The average molecular weight is 279 g/mol. The summed E-state index contributed by atoms with van der Waals surface area (Å²) in [5.41, 5.74) is 1.48. The fourth-order valence-electron chi connectivity index (χ4n) is 2.23. The quantitative estimate of drug-likeness (QED) is 0.547. The number of unbranched alkanes of at least 4 members (excludes halogenated alkanes) is 2. The number of nitro groups is 1. The van der Waals surface area contributed by atoms with Crippen LogP contribution in [0.1, 0.15) is 39.5 Å². The molecular formula is C15H25N3O2. The summed E-state index contributed by atoms with van der Waals surface area (Å²) in [6.45, 7) is 6.00. The van der Waals surface area contributed by atoms with Gasteiger partial charge in [-0.1, -0.05) is 32.8 Å². The number of para-hydroxylation sites is 1. The van der Waals surface area contributed by atoms with Gasteiger partial charge in [-0.05, 0) is 25.0 Å². The second-order valence-corrected chi connectivity index (χ2v) is 4.87. The molecule has 0 spiro atoms. The third-order valence-corrected chi connectivity index (χ3v) is 3.37. The van der Waals surface area contributed by atoms with E-state index in [1.54, 1.807) is 13.1 Å². The number of hydrogen-bond acceptors (Lipinski definition) is 4. The molecule has 1 aromatic rings. The second-order valence-electron chi connectivity index (χ2n) is 4.87. The first-order valence-electron chi connectivity index (χ1n) is 7.35. The third kappa shape index (κ3) is 4.11.